The first-order valence-electron chi connectivity index (χ1n) is 6.18. The number of nitrogens with one attached hydrogen (secondary N) is 1. The minimum Gasteiger partial charge on any atom is -0.387 e. The molecular formula is C13H16N4S. The molecule has 0 amide bonds. The fourth-order valence-corrected chi connectivity index (χ4v) is 3.40. The Morgan fingerprint density at radius 3 is 3.06 bits per heavy atom. The molecule has 1 atom stereocenters. The van der Waals surface area contributed by atoms with E-state index >= 15 is 0 Å². The molecule has 0 bridgehead atoms. The summed E-state index contributed by atoms with van der Waals surface area (Å²) in [4.78, 5) is 6.93. The molecule has 0 saturated carbocycles. The molecule has 1 fully saturated rings. The number of fused-ring (bicyclic) bond motifs is 1. The van der Waals surface area contributed by atoms with Crippen LogP contribution in [0.15, 0.2) is 24.3 Å². The fourth-order valence-electron chi connectivity index (χ4n) is 2.40. The summed E-state index contributed by atoms with van der Waals surface area (Å²) >= 11 is 1.72. The first kappa shape index (κ1) is 11.5. The van der Waals surface area contributed by atoms with Crippen LogP contribution < -0.4 is 10.6 Å². The van der Waals surface area contributed by atoms with E-state index < -0.39 is 0 Å². The van der Waals surface area contributed by atoms with Crippen molar-refractivity contribution in [2.24, 2.45) is 11.7 Å². The highest BCUT2D eigenvalue weighted by molar-refractivity contribution is 7.22. The van der Waals surface area contributed by atoms with Gasteiger partial charge in [0.2, 0.25) is 0 Å². The number of nitrogens with zero attached hydrogens (tertiary/aromatic N) is 2. The van der Waals surface area contributed by atoms with E-state index in [1.54, 1.807) is 11.3 Å². The van der Waals surface area contributed by atoms with Crippen molar-refractivity contribution >= 4 is 32.5 Å². The monoisotopic (exact) mass is 260 g/mol. The second-order valence-electron chi connectivity index (χ2n) is 4.70. The molecule has 3 N–H and O–H groups in total. The molecule has 2 heterocycles. The molecular weight excluding hydrogens is 244 g/mol. The summed E-state index contributed by atoms with van der Waals surface area (Å²) in [5.41, 5.74) is 6.68. The molecule has 1 saturated heterocycles. The number of hydrogen-bond acceptors (Lipinski definition) is 4. The molecule has 0 spiro atoms. The lowest BCUT2D eigenvalue weighted by Gasteiger charge is -2.31. The van der Waals surface area contributed by atoms with Gasteiger partial charge in [-0.2, -0.15) is 0 Å². The zero-order valence-electron chi connectivity index (χ0n) is 10.1. The van der Waals surface area contributed by atoms with E-state index in [9.17, 15) is 0 Å². The molecule has 1 aromatic carbocycles. The average molecular weight is 260 g/mol. The van der Waals surface area contributed by atoms with Gasteiger partial charge >= 0.3 is 0 Å². The Labute approximate surface area is 110 Å². The zero-order chi connectivity index (χ0) is 12.5. The second kappa shape index (κ2) is 4.57. The molecule has 0 radical (unpaired) electrons. The first-order valence-corrected chi connectivity index (χ1v) is 7.00. The molecule has 3 rings (SSSR count). The summed E-state index contributed by atoms with van der Waals surface area (Å²) in [5.74, 6) is 0.492. The summed E-state index contributed by atoms with van der Waals surface area (Å²) in [6.07, 6.45) is 2.11. The lowest BCUT2D eigenvalue weighted by Crippen LogP contribution is -2.40. The van der Waals surface area contributed by atoms with Gasteiger partial charge in [0.15, 0.2) is 5.13 Å². The van der Waals surface area contributed by atoms with Crippen molar-refractivity contribution in [1.29, 1.82) is 5.41 Å². The molecule has 1 unspecified atom stereocenters. The Hall–Kier alpha value is -1.62. The normalized spacial score (nSPS) is 20.2. The molecule has 1 aliphatic heterocycles. The number of piperidine rings is 1. The molecule has 2 aromatic rings. The summed E-state index contributed by atoms with van der Waals surface area (Å²) in [5, 5.41) is 8.64. The molecule has 1 aromatic heterocycles. The number of rotatable bonds is 2. The zero-order valence-corrected chi connectivity index (χ0v) is 10.9. The van der Waals surface area contributed by atoms with Gasteiger partial charge in [0.1, 0.15) is 0 Å². The van der Waals surface area contributed by atoms with E-state index in [1.165, 1.54) is 4.70 Å². The van der Waals surface area contributed by atoms with Crippen molar-refractivity contribution in [3.05, 3.63) is 24.3 Å². The summed E-state index contributed by atoms with van der Waals surface area (Å²) < 4.78 is 1.22. The van der Waals surface area contributed by atoms with Crippen molar-refractivity contribution in [1.82, 2.24) is 4.98 Å². The quantitative estimate of drug-likeness (QED) is 0.644. The number of hydrogen-bond donors (Lipinski definition) is 2. The number of benzene rings is 1. The molecule has 5 heteroatoms. The van der Waals surface area contributed by atoms with Gasteiger partial charge < -0.3 is 10.6 Å². The smallest absolute Gasteiger partial charge is 0.186 e. The van der Waals surface area contributed by atoms with Crippen LogP contribution in [0.1, 0.15) is 12.8 Å². The fraction of sp³-hybridized carbons (Fsp3) is 0.385. The summed E-state index contributed by atoms with van der Waals surface area (Å²) in [6.45, 7) is 1.85. The van der Waals surface area contributed by atoms with Crippen molar-refractivity contribution in [3.63, 3.8) is 0 Å². The SMILES string of the molecule is N=C(N)C1CCCN(c2nc3ccccc3s2)C1. The highest BCUT2D eigenvalue weighted by Crippen LogP contribution is 2.31. The van der Waals surface area contributed by atoms with Gasteiger partial charge in [0, 0.05) is 19.0 Å². The number of aromatic nitrogens is 1. The lowest BCUT2D eigenvalue weighted by atomic mass is 9.97. The average Bonchev–Trinajstić information content (AvgIpc) is 2.82. The number of para-hydroxylation sites is 1. The van der Waals surface area contributed by atoms with Gasteiger partial charge in [-0.3, -0.25) is 5.41 Å². The maximum Gasteiger partial charge on any atom is 0.186 e. The van der Waals surface area contributed by atoms with E-state index in [0.717, 1.165) is 36.6 Å². The highest BCUT2D eigenvalue weighted by Gasteiger charge is 2.23. The van der Waals surface area contributed by atoms with Crippen LogP contribution in [-0.2, 0) is 0 Å². The van der Waals surface area contributed by atoms with Crippen LogP contribution in [-0.4, -0.2) is 23.9 Å². The van der Waals surface area contributed by atoms with Crippen LogP contribution >= 0.6 is 11.3 Å². The van der Waals surface area contributed by atoms with Crippen LogP contribution in [0.25, 0.3) is 10.2 Å². The minimum absolute atomic E-state index is 0.186. The van der Waals surface area contributed by atoms with Crippen LogP contribution in [0.2, 0.25) is 0 Å². The predicted octanol–water partition coefficient (Wildman–Crippen LogP) is 2.45. The van der Waals surface area contributed by atoms with E-state index in [-0.39, 0.29) is 5.92 Å². The van der Waals surface area contributed by atoms with Crippen molar-refractivity contribution in [2.75, 3.05) is 18.0 Å². The molecule has 94 valence electrons. The second-order valence-corrected chi connectivity index (χ2v) is 5.71. The molecule has 0 aliphatic carbocycles. The first-order chi connectivity index (χ1) is 8.74. The lowest BCUT2D eigenvalue weighted by molar-refractivity contribution is 0.503. The summed E-state index contributed by atoms with van der Waals surface area (Å²) in [6, 6.07) is 8.20. The predicted molar refractivity (Wildman–Crippen MR) is 76.5 cm³/mol. The van der Waals surface area contributed by atoms with Gasteiger partial charge in [-0.05, 0) is 25.0 Å². The molecule has 4 nitrogen and oxygen atoms in total. The van der Waals surface area contributed by atoms with Gasteiger partial charge in [-0.15, -0.1) is 0 Å². The minimum atomic E-state index is 0.186. The van der Waals surface area contributed by atoms with Crippen molar-refractivity contribution < 1.29 is 0 Å². The van der Waals surface area contributed by atoms with Crippen molar-refractivity contribution in [3.8, 4) is 0 Å². The Bertz CT molecular complexity index is 544. The van der Waals surface area contributed by atoms with E-state index in [1.807, 2.05) is 18.2 Å². The highest BCUT2D eigenvalue weighted by atomic mass is 32.1. The van der Waals surface area contributed by atoms with Crippen LogP contribution in [0, 0.1) is 11.3 Å². The van der Waals surface area contributed by atoms with Gasteiger partial charge in [-0.25, -0.2) is 4.98 Å². The topological polar surface area (TPSA) is 66.0 Å². The van der Waals surface area contributed by atoms with E-state index in [0.29, 0.717) is 5.84 Å². The van der Waals surface area contributed by atoms with E-state index in [2.05, 4.69) is 16.0 Å². The third-order valence-electron chi connectivity index (χ3n) is 3.41. The Morgan fingerprint density at radius 2 is 2.28 bits per heavy atom. The number of thiazole rings is 1. The Kier molecular flexibility index (Phi) is 2.91. The van der Waals surface area contributed by atoms with Crippen LogP contribution in [0.5, 0.6) is 0 Å². The van der Waals surface area contributed by atoms with Crippen molar-refractivity contribution in [2.45, 2.75) is 12.8 Å². The standard InChI is InChI=1S/C13H16N4S/c14-12(15)9-4-3-7-17(8-9)13-16-10-5-1-2-6-11(10)18-13/h1-2,5-6,9H,3-4,7-8H2,(H3,14,15). The van der Waals surface area contributed by atoms with Gasteiger partial charge in [0.05, 0.1) is 16.1 Å². The number of nitrogens with two attached hydrogens (primary N) is 1. The third-order valence-corrected chi connectivity index (χ3v) is 4.51. The Balaban J connectivity index is 1.87. The molecule has 1 aliphatic rings. The largest absolute Gasteiger partial charge is 0.387 e. The Morgan fingerprint density at radius 1 is 1.44 bits per heavy atom. The van der Waals surface area contributed by atoms with Gasteiger partial charge in [-0.1, -0.05) is 23.5 Å². The number of amidine groups is 1. The van der Waals surface area contributed by atoms with Gasteiger partial charge in [0.25, 0.3) is 0 Å². The van der Waals surface area contributed by atoms with E-state index in [4.69, 9.17) is 11.1 Å². The summed E-state index contributed by atoms with van der Waals surface area (Å²) in [7, 11) is 0. The maximum atomic E-state index is 7.58. The van der Waals surface area contributed by atoms with Crippen LogP contribution in [0.3, 0.4) is 0 Å². The molecule has 18 heavy (non-hydrogen) atoms. The third kappa shape index (κ3) is 2.06. The number of anilines is 1. The maximum absolute atomic E-state index is 7.58. The van der Waals surface area contributed by atoms with Crippen LogP contribution in [0.4, 0.5) is 5.13 Å².